The van der Waals surface area contributed by atoms with Gasteiger partial charge < -0.3 is 20.8 Å². The Kier molecular flexibility index (Phi) is 7.54. The topological polar surface area (TPSA) is 113 Å². The molecule has 164 valence electrons. The third-order valence-electron chi connectivity index (χ3n) is 4.01. The Morgan fingerprint density at radius 3 is 2.13 bits per heavy atom. The SMILES string of the molecule is CN(C)Cc1ccc(-c2cc(-c3ccccc3O)nnc2N)cc1.O=C(O)C(F)(F)F. The molecule has 0 radical (unpaired) electrons. The first-order valence-electron chi connectivity index (χ1n) is 8.94. The van der Waals surface area contributed by atoms with E-state index in [1.54, 1.807) is 18.2 Å². The number of para-hydroxylation sites is 1. The fraction of sp³-hybridized carbons (Fsp3) is 0.190. The number of carboxylic acid groups (broad SMARTS) is 1. The maximum Gasteiger partial charge on any atom is 0.490 e. The third-order valence-corrected chi connectivity index (χ3v) is 4.01. The van der Waals surface area contributed by atoms with Crippen molar-refractivity contribution in [3.8, 4) is 28.1 Å². The minimum Gasteiger partial charge on any atom is -0.507 e. The second-order valence-corrected chi connectivity index (χ2v) is 6.78. The van der Waals surface area contributed by atoms with Gasteiger partial charge in [-0.2, -0.15) is 13.2 Å². The smallest absolute Gasteiger partial charge is 0.490 e. The Hall–Kier alpha value is -3.66. The summed E-state index contributed by atoms with van der Waals surface area (Å²) in [6.45, 7) is 0.882. The van der Waals surface area contributed by atoms with Gasteiger partial charge in [0.25, 0.3) is 0 Å². The Morgan fingerprint density at radius 1 is 1.03 bits per heavy atom. The summed E-state index contributed by atoms with van der Waals surface area (Å²) in [5.41, 5.74) is 10.2. The van der Waals surface area contributed by atoms with E-state index in [0.29, 0.717) is 17.1 Å². The van der Waals surface area contributed by atoms with Crippen LogP contribution in [0, 0.1) is 0 Å². The van der Waals surface area contributed by atoms with Gasteiger partial charge in [-0.25, -0.2) is 4.79 Å². The second kappa shape index (κ2) is 9.90. The average Bonchev–Trinajstić information content (AvgIpc) is 2.69. The van der Waals surface area contributed by atoms with E-state index in [1.807, 2.05) is 38.4 Å². The highest BCUT2D eigenvalue weighted by Gasteiger charge is 2.38. The molecule has 1 heterocycles. The summed E-state index contributed by atoms with van der Waals surface area (Å²) in [5.74, 6) is -2.22. The van der Waals surface area contributed by atoms with Crippen LogP contribution in [0.1, 0.15) is 5.56 Å². The number of nitrogens with two attached hydrogens (primary N) is 1. The second-order valence-electron chi connectivity index (χ2n) is 6.78. The number of phenols is 1. The number of hydrogen-bond donors (Lipinski definition) is 3. The van der Waals surface area contributed by atoms with Crippen molar-refractivity contribution in [2.75, 3.05) is 19.8 Å². The zero-order valence-electron chi connectivity index (χ0n) is 16.8. The van der Waals surface area contributed by atoms with E-state index in [-0.39, 0.29) is 5.75 Å². The van der Waals surface area contributed by atoms with Crippen molar-refractivity contribution in [1.82, 2.24) is 15.1 Å². The van der Waals surface area contributed by atoms with E-state index in [4.69, 9.17) is 15.6 Å². The number of anilines is 1. The molecule has 0 spiro atoms. The lowest BCUT2D eigenvalue weighted by atomic mass is 10.0. The molecule has 31 heavy (non-hydrogen) atoms. The Bertz CT molecular complexity index is 1040. The van der Waals surface area contributed by atoms with Crippen LogP contribution >= 0.6 is 0 Å². The molecule has 0 aliphatic heterocycles. The van der Waals surface area contributed by atoms with Crippen molar-refractivity contribution in [3.63, 3.8) is 0 Å². The van der Waals surface area contributed by atoms with Gasteiger partial charge in [0.15, 0.2) is 5.82 Å². The van der Waals surface area contributed by atoms with Gasteiger partial charge >= 0.3 is 12.1 Å². The number of aromatic nitrogens is 2. The number of rotatable bonds is 4. The lowest BCUT2D eigenvalue weighted by molar-refractivity contribution is -0.192. The number of carboxylic acids is 1. The normalized spacial score (nSPS) is 11.0. The van der Waals surface area contributed by atoms with Crippen LogP contribution in [-0.2, 0) is 11.3 Å². The predicted octanol–water partition coefficient (Wildman–Crippen LogP) is 3.79. The monoisotopic (exact) mass is 434 g/mol. The van der Waals surface area contributed by atoms with E-state index >= 15 is 0 Å². The maximum atomic E-state index is 10.6. The van der Waals surface area contributed by atoms with Gasteiger partial charge in [0.2, 0.25) is 0 Å². The number of nitrogen functional groups attached to an aromatic ring is 1. The molecule has 2 aromatic carbocycles. The number of nitrogens with zero attached hydrogens (tertiary/aromatic N) is 3. The maximum absolute atomic E-state index is 10.6. The fourth-order valence-electron chi connectivity index (χ4n) is 2.61. The Morgan fingerprint density at radius 2 is 1.61 bits per heavy atom. The Labute approximate surface area is 176 Å². The number of halogens is 3. The van der Waals surface area contributed by atoms with Gasteiger partial charge in [-0.05, 0) is 43.4 Å². The van der Waals surface area contributed by atoms with Crippen molar-refractivity contribution in [2.24, 2.45) is 0 Å². The molecule has 1 aromatic heterocycles. The van der Waals surface area contributed by atoms with Crippen molar-refractivity contribution < 1.29 is 28.2 Å². The lowest BCUT2D eigenvalue weighted by Gasteiger charge is -2.11. The number of aromatic hydroxyl groups is 1. The number of hydrogen-bond acceptors (Lipinski definition) is 6. The van der Waals surface area contributed by atoms with E-state index < -0.39 is 12.1 Å². The minimum absolute atomic E-state index is 0.170. The van der Waals surface area contributed by atoms with Crippen LogP contribution in [0.5, 0.6) is 5.75 Å². The predicted molar refractivity (Wildman–Crippen MR) is 110 cm³/mol. The molecule has 3 rings (SSSR count). The minimum atomic E-state index is -5.08. The van der Waals surface area contributed by atoms with E-state index in [0.717, 1.165) is 17.7 Å². The number of alkyl halides is 3. The summed E-state index contributed by atoms with van der Waals surface area (Å²) < 4.78 is 31.7. The molecular formula is C21H21F3N4O3. The molecule has 4 N–H and O–H groups in total. The van der Waals surface area contributed by atoms with Crippen LogP contribution in [0.2, 0.25) is 0 Å². The molecule has 0 amide bonds. The third kappa shape index (κ3) is 6.68. The van der Waals surface area contributed by atoms with Crippen molar-refractivity contribution >= 4 is 11.8 Å². The van der Waals surface area contributed by atoms with Crippen molar-refractivity contribution in [2.45, 2.75) is 12.7 Å². The highest BCUT2D eigenvalue weighted by atomic mass is 19.4. The van der Waals surface area contributed by atoms with E-state index in [2.05, 4.69) is 27.2 Å². The van der Waals surface area contributed by atoms with E-state index in [1.165, 1.54) is 5.56 Å². The standard InChI is InChI=1S/C19H20N4O.C2HF3O2/c1-23(2)12-13-7-9-14(10-8-13)16-11-17(21-22-19(16)20)15-5-3-4-6-18(15)24;3-2(4,5)1(6)7/h3-11,24H,12H2,1-2H3,(H2,20,22);(H,6,7). The molecule has 0 unspecified atom stereocenters. The summed E-state index contributed by atoms with van der Waals surface area (Å²) in [6, 6.07) is 17.1. The molecule has 0 atom stereocenters. The van der Waals surface area contributed by atoms with Gasteiger partial charge in [0.05, 0.1) is 5.69 Å². The van der Waals surface area contributed by atoms with Crippen molar-refractivity contribution in [3.05, 3.63) is 60.2 Å². The van der Waals surface area contributed by atoms with Crippen LogP contribution in [0.15, 0.2) is 54.6 Å². The largest absolute Gasteiger partial charge is 0.507 e. The first-order chi connectivity index (χ1) is 14.5. The number of benzene rings is 2. The van der Waals surface area contributed by atoms with Crippen LogP contribution in [0.4, 0.5) is 19.0 Å². The van der Waals surface area contributed by atoms with Crippen LogP contribution in [-0.4, -0.2) is 51.6 Å². The van der Waals surface area contributed by atoms with Crippen molar-refractivity contribution in [1.29, 1.82) is 0 Å². The molecule has 0 aliphatic carbocycles. The van der Waals surface area contributed by atoms with Gasteiger partial charge in [-0.1, -0.05) is 36.4 Å². The molecule has 3 aromatic rings. The van der Waals surface area contributed by atoms with Gasteiger partial charge in [0, 0.05) is 17.7 Å². The lowest BCUT2D eigenvalue weighted by Crippen LogP contribution is -2.21. The quantitative estimate of drug-likeness (QED) is 0.573. The van der Waals surface area contributed by atoms with Gasteiger partial charge in [-0.3, -0.25) is 0 Å². The number of phenolic OH excluding ortho intramolecular Hbond substituents is 1. The zero-order chi connectivity index (χ0) is 23.2. The number of carbonyl (C=O) groups is 1. The molecular weight excluding hydrogens is 413 g/mol. The van der Waals surface area contributed by atoms with Crippen LogP contribution < -0.4 is 5.73 Å². The zero-order valence-corrected chi connectivity index (χ0v) is 16.8. The van der Waals surface area contributed by atoms with Crippen LogP contribution in [0.3, 0.4) is 0 Å². The molecule has 0 saturated heterocycles. The molecule has 10 heteroatoms. The fourth-order valence-corrected chi connectivity index (χ4v) is 2.61. The molecule has 7 nitrogen and oxygen atoms in total. The Balaban J connectivity index is 0.000000423. The summed E-state index contributed by atoms with van der Waals surface area (Å²) in [6.07, 6.45) is -5.08. The van der Waals surface area contributed by atoms with Gasteiger partial charge in [-0.15, -0.1) is 10.2 Å². The van der Waals surface area contributed by atoms with Crippen LogP contribution in [0.25, 0.3) is 22.4 Å². The first-order valence-corrected chi connectivity index (χ1v) is 8.94. The highest BCUT2D eigenvalue weighted by molar-refractivity contribution is 5.79. The van der Waals surface area contributed by atoms with Gasteiger partial charge in [0.1, 0.15) is 5.75 Å². The highest BCUT2D eigenvalue weighted by Crippen LogP contribution is 2.32. The molecule has 0 aliphatic rings. The average molecular weight is 434 g/mol. The van der Waals surface area contributed by atoms with E-state index in [9.17, 15) is 18.3 Å². The first kappa shape index (κ1) is 23.6. The summed E-state index contributed by atoms with van der Waals surface area (Å²) >= 11 is 0. The molecule has 0 bridgehead atoms. The molecule has 0 saturated carbocycles. The molecule has 0 fully saturated rings. The number of aliphatic carboxylic acids is 1. The summed E-state index contributed by atoms with van der Waals surface area (Å²) in [7, 11) is 4.08. The summed E-state index contributed by atoms with van der Waals surface area (Å²) in [4.78, 5) is 11.0. The summed E-state index contributed by atoms with van der Waals surface area (Å²) in [5, 5.41) is 25.3.